The predicted octanol–water partition coefficient (Wildman–Crippen LogP) is 3.17. The molecule has 2 aromatic rings. The van der Waals surface area contributed by atoms with E-state index in [-0.39, 0.29) is 18.5 Å². The molecule has 1 amide bonds. The molecule has 1 N–H and O–H groups in total. The maximum atomic E-state index is 12.3. The van der Waals surface area contributed by atoms with Crippen molar-refractivity contribution >= 4 is 17.6 Å². The van der Waals surface area contributed by atoms with Crippen LogP contribution < -0.4 is 10.1 Å². The summed E-state index contributed by atoms with van der Waals surface area (Å²) in [5, 5.41) is 2.82. The second kappa shape index (κ2) is 8.49. The third-order valence-corrected chi connectivity index (χ3v) is 4.14. The zero-order valence-corrected chi connectivity index (χ0v) is 14.6. The van der Waals surface area contributed by atoms with Gasteiger partial charge in [0.05, 0.1) is 7.11 Å². The van der Waals surface area contributed by atoms with Crippen molar-refractivity contribution in [2.75, 3.05) is 19.0 Å². The number of anilines is 1. The molecule has 2 aromatic carbocycles. The van der Waals surface area contributed by atoms with E-state index in [1.54, 1.807) is 55.6 Å². The minimum absolute atomic E-state index is 0.166. The number of carbonyl (C=O) groups excluding carboxylic acids is 2. The van der Waals surface area contributed by atoms with Crippen LogP contribution in [-0.2, 0) is 20.9 Å². The van der Waals surface area contributed by atoms with Gasteiger partial charge in [-0.2, -0.15) is 0 Å². The molecule has 1 saturated heterocycles. The number of ether oxygens (including phenoxy) is 3. The molecule has 0 aromatic heterocycles. The van der Waals surface area contributed by atoms with E-state index in [0.717, 1.165) is 17.7 Å². The van der Waals surface area contributed by atoms with Gasteiger partial charge in [0.25, 0.3) is 5.91 Å². The molecule has 136 valence electrons. The highest BCUT2D eigenvalue weighted by atomic mass is 16.6. The molecule has 0 unspecified atom stereocenters. The summed E-state index contributed by atoms with van der Waals surface area (Å²) in [6.45, 7) is 0.775. The van der Waals surface area contributed by atoms with Crippen molar-refractivity contribution in [3.63, 3.8) is 0 Å². The first kappa shape index (κ1) is 17.9. The van der Waals surface area contributed by atoms with Crippen LogP contribution in [-0.4, -0.2) is 31.7 Å². The van der Waals surface area contributed by atoms with E-state index in [9.17, 15) is 9.59 Å². The largest absolute Gasteiger partial charge is 0.497 e. The van der Waals surface area contributed by atoms with Gasteiger partial charge in [-0.25, -0.2) is 4.79 Å². The monoisotopic (exact) mass is 355 g/mol. The van der Waals surface area contributed by atoms with E-state index in [4.69, 9.17) is 14.2 Å². The van der Waals surface area contributed by atoms with Crippen molar-refractivity contribution < 1.29 is 23.8 Å². The van der Waals surface area contributed by atoms with Gasteiger partial charge in [-0.3, -0.25) is 4.79 Å². The Hall–Kier alpha value is -2.86. The lowest BCUT2D eigenvalue weighted by atomic mass is 10.1. The molecule has 0 saturated carbocycles. The summed E-state index contributed by atoms with van der Waals surface area (Å²) in [7, 11) is 1.59. The summed E-state index contributed by atoms with van der Waals surface area (Å²) in [5.74, 6) is 0.187. The summed E-state index contributed by atoms with van der Waals surface area (Å²) >= 11 is 0. The molecule has 26 heavy (non-hydrogen) atoms. The van der Waals surface area contributed by atoms with Gasteiger partial charge in [-0.15, -0.1) is 0 Å². The summed E-state index contributed by atoms with van der Waals surface area (Å²) in [6, 6.07) is 14.0. The minimum atomic E-state index is -0.440. The molecule has 1 heterocycles. The average Bonchev–Trinajstić information content (AvgIpc) is 3.22. The Morgan fingerprint density at radius 1 is 1.12 bits per heavy atom. The number of nitrogens with one attached hydrogen (secondary N) is 1. The summed E-state index contributed by atoms with van der Waals surface area (Å²) in [5.41, 5.74) is 2.03. The molecule has 6 heteroatoms. The van der Waals surface area contributed by atoms with Gasteiger partial charge >= 0.3 is 5.97 Å². The van der Waals surface area contributed by atoms with Crippen LogP contribution in [0.2, 0.25) is 0 Å². The van der Waals surface area contributed by atoms with Crippen LogP contribution in [0.3, 0.4) is 0 Å². The molecule has 3 rings (SSSR count). The van der Waals surface area contributed by atoms with Gasteiger partial charge in [0.15, 0.2) is 6.10 Å². The number of rotatable bonds is 6. The van der Waals surface area contributed by atoms with E-state index in [2.05, 4.69) is 5.32 Å². The highest BCUT2D eigenvalue weighted by Gasteiger charge is 2.24. The number of benzene rings is 2. The smallest absolute Gasteiger partial charge is 0.335 e. The van der Waals surface area contributed by atoms with Crippen LogP contribution >= 0.6 is 0 Å². The van der Waals surface area contributed by atoms with Crippen molar-refractivity contribution in [3.05, 3.63) is 59.7 Å². The van der Waals surface area contributed by atoms with Crippen LogP contribution in [0.25, 0.3) is 0 Å². The first-order valence-electron chi connectivity index (χ1n) is 8.48. The van der Waals surface area contributed by atoms with Crippen LogP contribution in [0.15, 0.2) is 48.5 Å². The number of esters is 1. The van der Waals surface area contributed by atoms with Gasteiger partial charge in [0.2, 0.25) is 0 Å². The fraction of sp³-hybridized carbons (Fsp3) is 0.300. The van der Waals surface area contributed by atoms with Crippen LogP contribution in [0.5, 0.6) is 5.75 Å². The Balaban J connectivity index is 1.52. The van der Waals surface area contributed by atoms with E-state index < -0.39 is 6.10 Å². The lowest BCUT2D eigenvalue weighted by Crippen LogP contribution is -2.22. The van der Waals surface area contributed by atoms with E-state index in [1.165, 1.54) is 0 Å². The average molecular weight is 355 g/mol. The van der Waals surface area contributed by atoms with Crippen molar-refractivity contribution in [2.24, 2.45) is 0 Å². The number of carbonyl (C=O) groups is 2. The summed E-state index contributed by atoms with van der Waals surface area (Å²) in [6.07, 6.45) is 1.16. The molecular weight excluding hydrogens is 334 g/mol. The summed E-state index contributed by atoms with van der Waals surface area (Å²) in [4.78, 5) is 24.1. The molecule has 0 spiro atoms. The van der Waals surface area contributed by atoms with E-state index >= 15 is 0 Å². The van der Waals surface area contributed by atoms with E-state index in [0.29, 0.717) is 24.3 Å². The van der Waals surface area contributed by atoms with Crippen molar-refractivity contribution in [2.45, 2.75) is 25.6 Å². The van der Waals surface area contributed by atoms with Crippen molar-refractivity contribution in [1.82, 2.24) is 0 Å². The van der Waals surface area contributed by atoms with Gasteiger partial charge in [-0.05, 0) is 54.8 Å². The first-order valence-corrected chi connectivity index (χ1v) is 8.48. The fourth-order valence-electron chi connectivity index (χ4n) is 2.64. The Kier molecular flexibility index (Phi) is 5.86. The molecule has 6 nitrogen and oxygen atoms in total. The van der Waals surface area contributed by atoms with Crippen molar-refractivity contribution in [1.29, 1.82) is 0 Å². The molecule has 0 bridgehead atoms. The standard InChI is InChI=1S/C20H21NO5/c1-24-17-10-8-16(9-11-17)21-19(22)15-6-4-14(5-7-15)13-26-20(23)18-3-2-12-25-18/h4-11,18H,2-3,12-13H2,1H3,(H,21,22)/t18-/m0/s1. The number of methoxy groups -OCH3 is 1. The maximum Gasteiger partial charge on any atom is 0.335 e. The van der Waals surface area contributed by atoms with Gasteiger partial charge in [0, 0.05) is 17.9 Å². The fourth-order valence-corrected chi connectivity index (χ4v) is 2.64. The van der Waals surface area contributed by atoms with Gasteiger partial charge in [0.1, 0.15) is 12.4 Å². The highest BCUT2D eigenvalue weighted by Crippen LogP contribution is 2.17. The maximum absolute atomic E-state index is 12.3. The Bertz CT molecular complexity index is 749. The molecule has 1 aliphatic heterocycles. The molecular formula is C20H21NO5. The second-order valence-electron chi connectivity index (χ2n) is 5.99. The van der Waals surface area contributed by atoms with Gasteiger partial charge < -0.3 is 19.5 Å². The Morgan fingerprint density at radius 2 is 1.85 bits per heavy atom. The zero-order valence-electron chi connectivity index (χ0n) is 14.6. The molecule has 0 aliphatic carbocycles. The number of hydrogen-bond acceptors (Lipinski definition) is 5. The van der Waals surface area contributed by atoms with Crippen LogP contribution in [0, 0.1) is 0 Å². The zero-order chi connectivity index (χ0) is 18.4. The number of amides is 1. The Morgan fingerprint density at radius 3 is 2.46 bits per heavy atom. The molecule has 1 atom stereocenters. The normalized spacial score (nSPS) is 16.1. The Labute approximate surface area is 152 Å². The lowest BCUT2D eigenvalue weighted by Gasteiger charge is -2.10. The van der Waals surface area contributed by atoms with Crippen LogP contribution in [0.1, 0.15) is 28.8 Å². The first-order chi connectivity index (χ1) is 12.7. The topological polar surface area (TPSA) is 73.9 Å². The summed E-state index contributed by atoms with van der Waals surface area (Å²) < 4.78 is 15.6. The molecule has 1 fully saturated rings. The van der Waals surface area contributed by atoms with E-state index in [1.807, 2.05) is 0 Å². The predicted molar refractivity (Wildman–Crippen MR) is 96.2 cm³/mol. The third-order valence-electron chi connectivity index (χ3n) is 4.14. The lowest BCUT2D eigenvalue weighted by molar-refractivity contribution is -0.155. The second-order valence-corrected chi connectivity index (χ2v) is 5.99. The quantitative estimate of drug-likeness (QED) is 0.806. The molecule has 1 aliphatic rings. The van der Waals surface area contributed by atoms with Crippen molar-refractivity contribution in [3.8, 4) is 5.75 Å². The third kappa shape index (κ3) is 4.61. The number of hydrogen-bond donors (Lipinski definition) is 1. The minimum Gasteiger partial charge on any atom is -0.497 e. The SMILES string of the molecule is COc1ccc(NC(=O)c2ccc(COC(=O)[C@@H]3CCCO3)cc2)cc1. The highest BCUT2D eigenvalue weighted by molar-refractivity contribution is 6.04. The molecule has 0 radical (unpaired) electrons. The van der Waals surface area contributed by atoms with Gasteiger partial charge in [-0.1, -0.05) is 12.1 Å². The van der Waals surface area contributed by atoms with Crippen LogP contribution in [0.4, 0.5) is 5.69 Å².